The van der Waals surface area contributed by atoms with Gasteiger partial charge in [-0.3, -0.25) is 9.59 Å². The maximum Gasteiger partial charge on any atom is 0.285 e. The Balaban J connectivity index is 1.69. The highest BCUT2D eigenvalue weighted by atomic mass is 16.5. The van der Waals surface area contributed by atoms with E-state index in [0.717, 1.165) is 16.1 Å². The van der Waals surface area contributed by atoms with Gasteiger partial charge in [0, 0.05) is 31.9 Å². The van der Waals surface area contributed by atoms with Crippen LogP contribution in [0.5, 0.6) is 5.75 Å². The number of rotatable bonds is 6. The van der Waals surface area contributed by atoms with Crippen molar-refractivity contribution >= 4 is 11.6 Å². The number of anilines is 1. The first-order valence-electron chi connectivity index (χ1n) is 10.2. The summed E-state index contributed by atoms with van der Waals surface area (Å²) in [6.45, 7) is 6.23. The number of benzene rings is 1. The summed E-state index contributed by atoms with van der Waals surface area (Å²) in [7, 11) is 1.64. The standard InChI is InChI=1S/C22H27N5O3/c1-4-18-19(14-23)22(29)27(24-20(18)5-2)15-21(28)26-12-10-25(11-13-26)16-6-8-17(30-3)9-7-16/h6-9H,4-5,10-13,15H2,1-3H3. The van der Waals surface area contributed by atoms with Crippen LogP contribution < -0.4 is 15.2 Å². The fraction of sp³-hybridized carbons (Fsp3) is 0.455. The van der Waals surface area contributed by atoms with E-state index in [2.05, 4.69) is 10.00 Å². The summed E-state index contributed by atoms with van der Waals surface area (Å²) >= 11 is 0. The summed E-state index contributed by atoms with van der Waals surface area (Å²) in [5, 5.41) is 13.8. The molecule has 1 aromatic carbocycles. The van der Waals surface area contributed by atoms with Crippen LogP contribution in [0.3, 0.4) is 0 Å². The van der Waals surface area contributed by atoms with Crippen LogP contribution in [-0.4, -0.2) is 53.9 Å². The van der Waals surface area contributed by atoms with Crippen LogP contribution in [0.4, 0.5) is 5.69 Å². The van der Waals surface area contributed by atoms with Crippen molar-refractivity contribution in [2.24, 2.45) is 0 Å². The zero-order chi connectivity index (χ0) is 21.7. The van der Waals surface area contributed by atoms with Crippen molar-refractivity contribution in [1.29, 1.82) is 5.26 Å². The van der Waals surface area contributed by atoms with Crippen molar-refractivity contribution in [1.82, 2.24) is 14.7 Å². The van der Waals surface area contributed by atoms with Gasteiger partial charge in [0.1, 0.15) is 23.9 Å². The van der Waals surface area contributed by atoms with Gasteiger partial charge in [0.2, 0.25) is 5.91 Å². The number of carbonyl (C=O) groups is 1. The molecule has 8 heteroatoms. The van der Waals surface area contributed by atoms with Gasteiger partial charge in [0.15, 0.2) is 0 Å². The maximum atomic E-state index is 12.8. The molecule has 1 aliphatic rings. The van der Waals surface area contributed by atoms with E-state index in [1.54, 1.807) is 12.0 Å². The van der Waals surface area contributed by atoms with Crippen LogP contribution in [0.1, 0.15) is 30.7 Å². The summed E-state index contributed by atoms with van der Waals surface area (Å²) in [4.78, 5) is 29.4. The van der Waals surface area contributed by atoms with Gasteiger partial charge in [-0.25, -0.2) is 4.68 Å². The Morgan fingerprint density at radius 2 is 1.80 bits per heavy atom. The molecular weight excluding hydrogens is 382 g/mol. The van der Waals surface area contributed by atoms with Gasteiger partial charge in [0.05, 0.1) is 12.8 Å². The van der Waals surface area contributed by atoms with E-state index < -0.39 is 5.56 Å². The molecule has 0 atom stereocenters. The SMILES string of the molecule is CCc1nn(CC(=O)N2CCN(c3ccc(OC)cc3)CC2)c(=O)c(C#N)c1CC. The predicted molar refractivity (Wildman–Crippen MR) is 114 cm³/mol. The van der Waals surface area contributed by atoms with Crippen molar-refractivity contribution in [3.05, 3.63) is 51.4 Å². The minimum absolute atomic E-state index is 0.0986. The van der Waals surface area contributed by atoms with Crippen molar-refractivity contribution < 1.29 is 9.53 Å². The summed E-state index contributed by atoms with van der Waals surface area (Å²) in [5.74, 6) is 0.650. The number of carbonyl (C=O) groups excluding carboxylic acids is 1. The first-order valence-corrected chi connectivity index (χ1v) is 10.2. The van der Waals surface area contributed by atoms with E-state index in [-0.39, 0.29) is 18.0 Å². The molecule has 1 aromatic heterocycles. The van der Waals surface area contributed by atoms with Crippen LogP contribution in [0, 0.1) is 11.3 Å². The minimum atomic E-state index is -0.489. The molecule has 0 aliphatic carbocycles. The molecule has 1 aliphatic heterocycles. The fourth-order valence-electron chi connectivity index (χ4n) is 3.78. The van der Waals surface area contributed by atoms with Gasteiger partial charge in [0.25, 0.3) is 5.56 Å². The fourth-order valence-corrected chi connectivity index (χ4v) is 3.78. The van der Waals surface area contributed by atoms with E-state index in [9.17, 15) is 14.9 Å². The Morgan fingerprint density at radius 3 is 2.33 bits per heavy atom. The quantitative estimate of drug-likeness (QED) is 0.720. The summed E-state index contributed by atoms with van der Waals surface area (Å²) in [5.41, 5.74) is 2.08. The van der Waals surface area contributed by atoms with Crippen LogP contribution in [0.25, 0.3) is 0 Å². The first-order chi connectivity index (χ1) is 14.5. The molecule has 0 spiro atoms. The Hall–Kier alpha value is -3.34. The number of aryl methyl sites for hydroxylation is 1. The monoisotopic (exact) mass is 409 g/mol. The number of hydrogen-bond acceptors (Lipinski definition) is 6. The third kappa shape index (κ3) is 4.30. The number of hydrogen-bond donors (Lipinski definition) is 0. The van der Waals surface area contributed by atoms with Crippen LogP contribution in [0.2, 0.25) is 0 Å². The molecule has 0 saturated carbocycles. The number of nitrogens with zero attached hydrogens (tertiary/aromatic N) is 5. The highest BCUT2D eigenvalue weighted by Gasteiger charge is 2.23. The van der Waals surface area contributed by atoms with E-state index >= 15 is 0 Å². The first kappa shape index (κ1) is 21.4. The van der Waals surface area contributed by atoms with Gasteiger partial charge >= 0.3 is 0 Å². The highest BCUT2D eigenvalue weighted by Crippen LogP contribution is 2.20. The third-order valence-electron chi connectivity index (χ3n) is 5.50. The molecule has 30 heavy (non-hydrogen) atoms. The van der Waals surface area contributed by atoms with E-state index in [1.807, 2.05) is 44.2 Å². The van der Waals surface area contributed by atoms with Crippen molar-refractivity contribution in [3.63, 3.8) is 0 Å². The van der Waals surface area contributed by atoms with Crippen LogP contribution in [0.15, 0.2) is 29.1 Å². The molecule has 2 aromatic rings. The lowest BCUT2D eigenvalue weighted by Gasteiger charge is -2.36. The lowest BCUT2D eigenvalue weighted by Crippen LogP contribution is -2.50. The average Bonchev–Trinajstić information content (AvgIpc) is 2.80. The minimum Gasteiger partial charge on any atom is -0.497 e. The molecule has 2 heterocycles. The van der Waals surface area contributed by atoms with Gasteiger partial charge < -0.3 is 14.5 Å². The molecule has 1 saturated heterocycles. The molecule has 3 rings (SSSR count). The van der Waals surface area contributed by atoms with Gasteiger partial charge in [-0.1, -0.05) is 13.8 Å². The third-order valence-corrected chi connectivity index (χ3v) is 5.50. The smallest absolute Gasteiger partial charge is 0.285 e. The number of amides is 1. The van der Waals surface area contributed by atoms with E-state index in [0.29, 0.717) is 50.3 Å². The molecule has 158 valence electrons. The Bertz CT molecular complexity index is 999. The summed E-state index contributed by atoms with van der Waals surface area (Å²) in [6, 6.07) is 9.85. The summed E-state index contributed by atoms with van der Waals surface area (Å²) in [6.07, 6.45) is 1.17. The topological polar surface area (TPSA) is 91.5 Å². The highest BCUT2D eigenvalue weighted by molar-refractivity contribution is 5.76. The molecule has 8 nitrogen and oxygen atoms in total. The molecule has 0 unspecified atom stereocenters. The Morgan fingerprint density at radius 1 is 1.13 bits per heavy atom. The number of nitriles is 1. The Labute approximate surface area is 176 Å². The second-order valence-electron chi connectivity index (χ2n) is 7.15. The van der Waals surface area contributed by atoms with E-state index in [1.165, 1.54) is 0 Å². The number of methoxy groups -OCH3 is 1. The van der Waals surface area contributed by atoms with Crippen LogP contribution >= 0.6 is 0 Å². The van der Waals surface area contributed by atoms with Gasteiger partial charge in [-0.05, 0) is 42.7 Å². The largest absolute Gasteiger partial charge is 0.497 e. The molecule has 1 fully saturated rings. The van der Waals surface area contributed by atoms with Crippen LogP contribution in [-0.2, 0) is 24.2 Å². The normalized spacial score (nSPS) is 13.8. The van der Waals surface area contributed by atoms with Gasteiger partial charge in [-0.15, -0.1) is 0 Å². The molecule has 0 bridgehead atoms. The molecule has 1 amide bonds. The Kier molecular flexibility index (Phi) is 6.72. The summed E-state index contributed by atoms with van der Waals surface area (Å²) < 4.78 is 6.34. The number of piperazine rings is 1. The van der Waals surface area contributed by atoms with E-state index in [4.69, 9.17) is 4.74 Å². The number of aromatic nitrogens is 2. The van der Waals surface area contributed by atoms with Crippen molar-refractivity contribution in [2.45, 2.75) is 33.2 Å². The zero-order valence-electron chi connectivity index (χ0n) is 17.7. The van der Waals surface area contributed by atoms with Crippen molar-refractivity contribution in [2.75, 3.05) is 38.2 Å². The second-order valence-corrected chi connectivity index (χ2v) is 7.15. The lowest BCUT2D eigenvalue weighted by atomic mass is 10.0. The predicted octanol–water partition coefficient (Wildman–Crippen LogP) is 1.60. The molecular formula is C22H27N5O3. The van der Waals surface area contributed by atoms with Gasteiger partial charge in [-0.2, -0.15) is 10.4 Å². The second kappa shape index (κ2) is 9.44. The van der Waals surface area contributed by atoms with Crippen molar-refractivity contribution in [3.8, 4) is 11.8 Å². The maximum absolute atomic E-state index is 12.8. The zero-order valence-corrected chi connectivity index (χ0v) is 17.7. The molecule has 0 N–H and O–H groups in total. The number of ether oxygens (including phenoxy) is 1. The molecule has 0 radical (unpaired) electrons. The average molecular weight is 409 g/mol. The lowest BCUT2D eigenvalue weighted by molar-refractivity contribution is -0.132.